The van der Waals surface area contributed by atoms with Crippen molar-refractivity contribution < 1.29 is 19.4 Å². The number of aromatic amines is 1. The summed E-state index contributed by atoms with van der Waals surface area (Å²) in [7, 11) is 0. The van der Waals surface area contributed by atoms with E-state index in [-0.39, 0.29) is 17.7 Å². The number of aromatic hydroxyl groups is 1. The van der Waals surface area contributed by atoms with Gasteiger partial charge in [-0.05, 0) is 49.6 Å². The van der Waals surface area contributed by atoms with Gasteiger partial charge in [-0.25, -0.2) is 0 Å². The van der Waals surface area contributed by atoms with E-state index in [0.717, 1.165) is 24.0 Å². The van der Waals surface area contributed by atoms with E-state index in [1.165, 1.54) is 0 Å². The number of rotatable bonds is 9. The molecule has 2 N–H and O–H groups in total. The van der Waals surface area contributed by atoms with E-state index in [0.29, 0.717) is 48.2 Å². The predicted molar refractivity (Wildman–Crippen MR) is 122 cm³/mol. The second-order valence-electron chi connectivity index (χ2n) is 7.77. The van der Waals surface area contributed by atoms with Gasteiger partial charge < -0.3 is 19.5 Å². The molecule has 0 saturated heterocycles. The van der Waals surface area contributed by atoms with Crippen LogP contribution in [0.2, 0.25) is 0 Å². The Labute approximate surface area is 188 Å². The quantitative estimate of drug-likeness (QED) is 0.498. The van der Waals surface area contributed by atoms with Crippen molar-refractivity contribution in [3.8, 4) is 28.5 Å². The van der Waals surface area contributed by atoms with Gasteiger partial charge in [0.25, 0.3) is 5.91 Å². The van der Waals surface area contributed by atoms with Crippen molar-refractivity contribution in [2.24, 2.45) is 0 Å². The third kappa shape index (κ3) is 3.79. The highest BCUT2D eigenvalue weighted by Gasteiger charge is 2.42. The Morgan fingerprint density at radius 2 is 1.88 bits per heavy atom. The summed E-state index contributed by atoms with van der Waals surface area (Å²) < 4.78 is 11.7. The number of hydrogen-bond acceptors (Lipinski definition) is 5. The van der Waals surface area contributed by atoms with Crippen molar-refractivity contribution in [2.45, 2.75) is 39.7 Å². The van der Waals surface area contributed by atoms with Crippen molar-refractivity contribution in [1.82, 2.24) is 15.1 Å². The molecule has 0 bridgehead atoms. The van der Waals surface area contributed by atoms with Crippen LogP contribution in [0.4, 0.5) is 0 Å². The van der Waals surface area contributed by atoms with Gasteiger partial charge in [0.2, 0.25) is 0 Å². The first kappa shape index (κ1) is 21.7. The van der Waals surface area contributed by atoms with E-state index < -0.39 is 0 Å². The van der Waals surface area contributed by atoms with Gasteiger partial charge in [-0.15, -0.1) is 0 Å². The minimum Gasteiger partial charge on any atom is -0.507 e. The second kappa shape index (κ2) is 9.34. The zero-order chi connectivity index (χ0) is 22.7. The summed E-state index contributed by atoms with van der Waals surface area (Å²) in [6.07, 6.45) is 1.72. The maximum absolute atomic E-state index is 13.3. The fourth-order valence-electron chi connectivity index (χ4n) is 4.19. The first-order chi connectivity index (χ1) is 15.6. The first-order valence-corrected chi connectivity index (χ1v) is 11.2. The van der Waals surface area contributed by atoms with Gasteiger partial charge in [0.15, 0.2) is 11.5 Å². The Balaban J connectivity index is 1.85. The zero-order valence-electron chi connectivity index (χ0n) is 18.7. The van der Waals surface area contributed by atoms with E-state index in [9.17, 15) is 9.90 Å². The van der Waals surface area contributed by atoms with Crippen LogP contribution in [0.25, 0.3) is 11.3 Å². The molecule has 1 aliphatic rings. The van der Waals surface area contributed by atoms with Crippen LogP contribution in [-0.4, -0.2) is 45.9 Å². The van der Waals surface area contributed by atoms with Crippen LogP contribution in [0.15, 0.2) is 42.5 Å². The van der Waals surface area contributed by atoms with Gasteiger partial charge in [0.1, 0.15) is 17.1 Å². The number of phenolic OH excluding ortho intramolecular Hbond substituents is 1. The molecular formula is C25H29N3O4. The number of aromatic nitrogens is 2. The minimum absolute atomic E-state index is 0.0923. The summed E-state index contributed by atoms with van der Waals surface area (Å²) in [5.74, 6) is 1.38. The summed E-state index contributed by atoms with van der Waals surface area (Å²) in [5, 5.41) is 17.8. The largest absolute Gasteiger partial charge is 0.507 e. The molecule has 32 heavy (non-hydrogen) atoms. The highest BCUT2D eigenvalue weighted by atomic mass is 16.5. The molecule has 4 rings (SSSR count). The summed E-state index contributed by atoms with van der Waals surface area (Å²) in [5.41, 5.74) is 3.32. The fourth-order valence-corrected chi connectivity index (χ4v) is 4.19. The van der Waals surface area contributed by atoms with Gasteiger partial charge in [0, 0.05) is 17.7 Å². The lowest BCUT2D eigenvalue weighted by Gasteiger charge is -2.26. The molecule has 2 aromatic carbocycles. The SMILES string of the molecule is CCCOc1ccc(C2c3c(-c4ccccc4O)n[nH]c3C(=O)N2CCC)cc1OCC. The molecule has 0 saturated carbocycles. The van der Waals surface area contributed by atoms with Crippen LogP contribution in [0, 0.1) is 0 Å². The predicted octanol–water partition coefficient (Wildman–Crippen LogP) is 4.93. The van der Waals surface area contributed by atoms with Crippen LogP contribution >= 0.6 is 0 Å². The van der Waals surface area contributed by atoms with Gasteiger partial charge >= 0.3 is 0 Å². The van der Waals surface area contributed by atoms with E-state index in [4.69, 9.17) is 9.47 Å². The van der Waals surface area contributed by atoms with Gasteiger partial charge in [0.05, 0.1) is 19.3 Å². The smallest absolute Gasteiger partial charge is 0.273 e. The summed E-state index contributed by atoms with van der Waals surface area (Å²) in [6, 6.07) is 12.5. The molecule has 1 amide bonds. The molecule has 0 radical (unpaired) electrons. The number of ether oxygens (including phenoxy) is 2. The maximum atomic E-state index is 13.3. The number of carbonyl (C=O) groups excluding carboxylic acids is 1. The molecule has 2 heterocycles. The third-order valence-electron chi connectivity index (χ3n) is 5.53. The third-order valence-corrected chi connectivity index (χ3v) is 5.53. The number of para-hydroxylation sites is 1. The monoisotopic (exact) mass is 435 g/mol. The van der Waals surface area contributed by atoms with Crippen molar-refractivity contribution >= 4 is 5.91 Å². The Morgan fingerprint density at radius 3 is 2.59 bits per heavy atom. The number of nitrogens with zero attached hydrogens (tertiary/aromatic N) is 2. The molecule has 0 fully saturated rings. The number of H-pyrrole nitrogens is 1. The van der Waals surface area contributed by atoms with Crippen LogP contribution in [0.1, 0.15) is 61.3 Å². The Morgan fingerprint density at radius 1 is 1.06 bits per heavy atom. The number of carbonyl (C=O) groups is 1. The number of fused-ring (bicyclic) bond motifs is 1. The molecule has 3 aromatic rings. The lowest BCUT2D eigenvalue weighted by atomic mass is 9.95. The average Bonchev–Trinajstić information content (AvgIpc) is 3.33. The van der Waals surface area contributed by atoms with Gasteiger partial charge in [-0.1, -0.05) is 32.0 Å². The maximum Gasteiger partial charge on any atom is 0.273 e. The molecule has 1 aromatic heterocycles. The van der Waals surface area contributed by atoms with Crippen LogP contribution in [-0.2, 0) is 0 Å². The van der Waals surface area contributed by atoms with Crippen LogP contribution in [0.5, 0.6) is 17.2 Å². The summed E-state index contributed by atoms with van der Waals surface area (Å²) in [4.78, 5) is 15.1. The molecule has 0 spiro atoms. The molecule has 0 aliphatic carbocycles. The Kier molecular flexibility index (Phi) is 6.35. The highest BCUT2D eigenvalue weighted by Crippen LogP contribution is 2.45. The molecular weight excluding hydrogens is 406 g/mol. The number of hydrogen-bond donors (Lipinski definition) is 2. The van der Waals surface area contributed by atoms with Crippen molar-refractivity contribution in [1.29, 1.82) is 0 Å². The molecule has 1 unspecified atom stereocenters. The number of amides is 1. The average molecular weight is 436 g/mol. The molecule has 7 nitrogen and oxygen atoms in total. The van der Waals surface area contributed by atoms with Crippen molar-refractivity contribution in [3.05, 3.63) is 59.3 Å². The van der Waals surface area contributed by atoms with E-state index in [2.05, 4.69) is 17.1 Å². The minimum atomic E-state index is -0.342. The number of benzene rings is 2. The lowest BCUT2D eigenvalue weighted by molar-refractivity contribution is 0.0743. The molecule has 168 valence electrons. The number of phenols is 1. The lowest BCUT2D eigenvalue weighted by Crippen LogP contribution is -2.30. The normalized spacial score (nSPS) is 15.2. The topological polar surface area (TPSA) is 87.7 Å². The summed E-state index contributed by atoms with van der Waals surface area (Å²) >= 11 is 0. The number of nitrogens with one attached hydrogen (secondary N) is 1. The van der Waals surface area contributed by atoms with E-state index in [1.54, 1.807) is 12.1 Å². The van der Waals surface area contributed by atoms with Gasteiger partial charge in [-0.2, -0.15) is 5.10 Å². The van der Waals surface area contributed by atoms with E-state index >= 15 is 0 Å². The molecule has 1 atom stereocenters. The highest BCUT2D eigenvalue weighted by molar-refractivity contribution is 6.00. The Hall–Kier alpha value is -3.48. The molecule has 7 heteroatoms. The van der Waals surface area contributed by atoms with Gasteiger partial charge in [-0.3, -0.25) is 9.89 Å². The standard InChI is InChI=1S/C25H29N3O4/c1-4-13-28-24(16-11-12-19(32-14-5-2)20(15-16)31-6-3)21-22(26-27-23(21)25(28)30)17-9-7-8-10-18(17)29/h7-12,15,24,29H,4-6,13-14H2,1-3H3,(H,26,27). The van der Waals surface area contributed by atoms with Crippen molar-refractivity contribution in [2.75, 3.05) is 19.8 Å². The van der Waals surface area contributed by atoms with Crippen LogP contribution in [0.3, 0.4) is 0 Å². The Bertz CT molecular complexity index is 1110. The zero-order valence-corrected chi connectivity index (χ0v) is 18.7. The summed E-state index contributed by atoms with van der Waals surface area (Å²) in [6.45, 7) is 7.75. The molecule has 1 aliphatic heterocycles. The van der Waals surface area contributed by atoms with E-state index in [1.807, 2.05) is 49.1 Å². The first-order valence-electron chi connectivity index (χ1n) is 11.2. The van der Waals surface area contributed by atoms with Crippen molar-refractivity contribution in [3.63, 3.8) is 0 Å². The fraction of sp³-hybridized carbons (Fsp3) is 0.360. The second-order valence-corrected chi connectivity index (χ2v) is 7.77. The van der Waals surface area contributed by atoms with Crippen LogP contribution < -0.4 is 9.47 Å².